The van der Waals surface area contributed by atoms with Crippen LogP contribution < -0.4 is 15.4 Å². The van der Waals surface area contributed by atoms with E-state index < -0.39 is 31.5 Å². The molecule has 1 atom stereocenters. The zero-order chi connectivity index (χ0) is 19.2. The number of aliphatic hydroxyl groups excluding tert-OH is 1. The normalized spacial score (nSPS) is 12.3. The number of hydrogen-bond donors (Lipinski definition) is 3. The number of pyridine rings is 1. The molecule has 1 aromatic carbocycles. The van der Waals surface area contributed by atoms with Crippen molar-refractivity contribution < 1.29 is 27.8 Å². The molecule has 3 N–H and O–H groups in total. The number of halogens is 4. The van der Waals surface area contributed by atoms with Gasteiger partial charge in [0.2, 0.25) is 5.88 Å². The molecule has 0 bridgehead atoms. The minimum atomic E-state index is -4.50. The van der Waals surface area contributed by atoms with Gasteiger partial charge in [0.05, 0.1) is 12.6 Å². The Labute approximate surface area is 152 Å². The van der Waals surface area contributed by atoms with Crippen molar-refractivity contribution in [1.82, 2.24) is 10.3 Å². The van der Waals surface area contributed by atoms with Crippen LogP contribution in [-0.4, -0.2) is 35.5 Å². The molecule has 1 aromatic heterocycles. The fourth-order valence-corrected chi connectivity index (χ4v) is 2.19. The molecule has 2 amide bonds. The van der Waals surface area contributed by atoms with E-state index >= 15 is 0 Å². The monoisotopic (exact) mass is 389 g/mol. The lowest BCUT2D eigenvalue weighted by Crippen LogP contribution is -2.34. The Balaban J connectivity index is 2.02. The van der Waals surface area contributed by atoms with E-state index in [1.54, 1.807) is 18.2 Å². The molecule has 0 saturated carbocycles. The highest BCUT2D eigenvalue weighted by atomic mass is 35.5. The number of hydrogen-bond acceptors (Lipinski definition) is 4. The van der Waals surface area contributed by atoms with Gasteiger partial charge < -0.3 is 20.5 Å². The third kappa shape index (κ3) is 6.41. The van der Waals surface area contributed by atoms with Crippen molar-refractivity contribution >= 4 is 23.3 Å². The molecule has 10 heteroatoms. The fourth-order valence-electron chi connectivity index (χ4n) is 2.00. The number of aliphatic hydroxyl groups is 1. The second-order valence-electron chi connectivity index (χ2n) is 5.18. The standard InChI is InChI=1S/C16H15ClF3N3O3/c17-11-2-1-3-12(7-11)22-15(25)23-13(8-24)10-4-5-21-14(6-10)26-9-16(18,19)20/h1-7,13,24H,8-9H2,(H2,22,23,25)/t13-/m0/s1. The first kappa shape index (κ1) is 19.8. The van der Waals surface area contributed by atoms with E-state index in [1.807, 2.05) is 0 Å². The number of ether oxygens (including phenoxy) is 1. The molecular formula is C16H15ClF3N3O3. The largest absolute Gasteiger partial charge is 0.468 e. The predicted molar refractivity (Wildman–Crippen MR) is 89.2 cm³/mol. The Morgan fingerprint density at radius 1 is 1.31 bits per heavy atom. The molecule has 0 aliphatic rings. The molecule has 0 aliphatic carbocycles. The highest BCUT2D eigenvalue weighted by molar-refractivity contribution is 6.30. The smallest absolute Gasteiger partial charge is 0.422 e. The maximum Gasteiger partial charge on any atom is 0.422 e. The third-order valence-electron chi connectivity index (χ3n) is 3.12. The quantitative estimate of drug-likeness (QED) is 0.705. The van der Waals surface area contributed by atoms with Crippen LogP contribution in [0.3, 0.4) is 0 Å². The zero-order valence-electron chi connectivity index (χ0n) is 13.3. The maximum atomic E-state index is 12.2. The number of amides is 2. The van der Waals surface area contributed by atoms with Crippen LogP contribution in [0.2, 0.25) is 5.02 Å². The zero-order valence-corrected chi connectivity index (χ0v) is 14.0. The van der Waals surface area contributed by atoms with E-state index in [1.165, 1.54) is 24.4 Å². The summed E-state index contributed by atoms with van der Waals surface area (Å²) in [5.74, 6) is -0.268. The van der Waals surface area contributed by atoms with Gasteiger partial charge >= 0.3 is 12.2 Å². The first-order chi connectivity index (χ1) is 12.3. The molecule has 0 saturated heterocycles. The van der Waals surface area contributed by atoms with Crippen molar-refractivity contribution in [3.8, 4) is 5.88 Å². The summed E-state index contributed by atoms with van der Waals surface area (Å²) in [6.45, 7) is -1.97. The first-order valence-corrected chi connectivity index (χ1v) is 7.74. The Bertz CT molecular complexity index is 759. The van der Waals surface area contributed by atoms with Crippen molar-refractivity contribution in [3.05, 3.63) is 53.2 Å². The van der Waals surface area contributed by atoms with Gasteiger partial charge in [-0.3, -0.25) is 0 Å². The van der Waals surface area contributed by atoms with E-state index in [4.69, 9.17) is 11.6 Å². The lowest BCUT2D eigenvalue weighted by Gasteiger charge is -2.18. The molecule has 2 rings (SSSR count). The van der Waals surface area contributed by atoms with Crippen LogP contribution in [0.1, 0.15) is 11.6 Å². The van der Waals surface area contributed by atoms with Crippen LogP contribution in [-0.2, 0) is 0 Å². The molecule has 0 aliphatic heterocycles. The summed E-state index contributed by atoms with van der Waals surface area (Å²) in [7, 11) is 0. The van der Waals surface area contributed by atoms with Crippen molar-refractivity contribution in [2.75, 3.05) is 18.5 Å². The number of nitrogens with zero attached hydrogens (tertiary/aromatic N) is 1. The van der Waals surface area contributed by atoms with Crippen LogP contribution in [0.15, 0.2) is 42.6 Å². The number of urea groups is 1. The third-order valence-corrected chi connectivity index (χ3v) is 3.35. The van der Waals surface area contributed by atoms with Gasteiger partial charge in [-0.25, -0.2) is 9.78 Å². The van der Waals surface area contributed by atoms with Gasteiger partial charge in [0.25, 0.3) is 0 Å². The average Bonchev–Trinajstić information content (AvgIpc) is 2.57. The summed E-state index contributed by atoms with van der Waals surface area (Å²) in [6.07, 6.45) is -3.27. The number of anilines is 1. The van der Waals surface area contributed by atoms with Gasteiger partial charge in [-0.05, 0) is 29.8 Å². The second-order valence-corrected chi connectivity index (χ2v) is 5.61. The van der Waals surface area contributed by atoms with Crippen LogP contribution in [0.25, 0.3) is 0 Å². The topological polar surface area (TPSA) is 83.5 Å². The van der Waals surface area contributed by atoms with E-state index in [-0.39, 0.29) is 5.88 Å². The molecule has 0 unspecified atom stereocenters. The number of rotatable bonds is 6. The van der Waals surface area contributed by atoms with Gasteiger partial charge in [0, 0.05) is 23.0 Å². The SMILES string of the molecule is O=C(Nc1cccc(Cl)c1)N[C@@H](CO)c1ccnc(OCC(F)(F)F)c1. The molecule has 0 spiro atoms. The molecule has 0 radical (unpaired) electrons. The molecule has 2 aromatic rings. The van der Waals surface area contributed by atoms with Gasteiger partial charge in [0.15, 0.2) is 6.61 Å². The molecular weight excluding hydrogens is 375 g/mol. The molecule has 1 heterocycles. The minimum Gasteiger partial charge on any atom is -0.468 e. The summed E-state index contributed by atoms with van der Waals surface area (Å²) < 4.78 is 41.2. The Kier molecular flexibility index (Phi) is 6.64. The van der Waals surface area contributed by atoms with E-state index in [0.29, 0.717) is 16.3 Å². The minimum absolute atomic E-state index is 0.268. The highest BCUT2D eigenvalue weighted by Crippen LogP contribution is 2.21. The fraction of sp³-hybridized carbons (Fsp3) is 0.250. The van der Waals surface area contributed by atoms with Crippen molar-refractivity contribution in [1.29, 1.82) is 0 Å². The summed E-state index contributed by atoms with van der Waals surface area (Å²) in [5.41, 5.74) is 0.775. The number of carbonyl (C=O) groups is 1. The highest BCUT2D eigenvalue weighted by Gasteiger charge is 2.28. The molecule has 26 heavy (non-hydrogen) atoms. The van der Waals surface area contributed by atoms with Gasteiger partial charge in [0.1, 0.15) is 0 Å². The molecule has 140 valence electrons. The van der Waals surface area contributed by atoms with Gasteiger partial charge in [-0.2, -0.15) is 13.2 Å². The summed E-state index contributed by atoms with van der Waals surface area (Å²) in [5, 5.41) is 15.0. The Morgan fingerprint density at radius 2 is 2.08 bits per heavy atom. The van der Waals surface area contributed by atoms with Crippen LogP contribution in [0, 0.1) is 0 Å². The number of aromatic nitrogens is 1. The van der Waals surface area contributed by atoms with Crippen molar-refractivity contribution in [2.24, 2.45) is 0 Å². The number of carbonyl (C=O) groups excluding carboxylic acids is 1. The lowest BCUT2D eigenvalue weighted by atomic mass is 10.1. The maximum absolute atomic E-state index is 12.2. The van der Waals surface area contributed by atoms with Crippen molar-refractivity contribution in [2.45, 2.75) is 12.2 Å². The number of nitrogens with one attached hydrogen (secondary N) is 2. The summed E-state index contributed by atoms with van der Waals surface area (Å²) in [6, 6.07) is 7.61. The Morgan fingerprint density at radius 3 is 2.73 bits per heavy atom. The van der Waals surface area contributed by atoms with E-state index in [2.05, 4.69) is 20.4 Å². The van der Waals surface area contributed by atoms with Crippen LogP contribution >= 0.6 is 11.6 Å². The first-order valence-electron chi connectivity index (χ1n) is 7.36. The predicted octanol–water partition coefficient (Wildman–Crippen LogP) is 3.53. The van der Waals surface area contributed by atoms with Gasteiger partial charge in [-0.1, -0.05) is 17.7 Å². The average molecular weight is 390 g/mol. The van der Waals surface area contributed by atoms with Crippen LogP contribution in [0.5, 0.6) is 5.88 Å². The van der Waals surface area contributed by atoms with E-state index in [0.717, 1.165) is 0 Å². The number of benzene rings is 1. The summed E-state index contributed by atoms with van der Waals surface area (Å²) in [4.78, 5) is 15.7. The second kappa shape index (κ2) is 8.72. The lowest BCUT2D eigenvalue weighted by molar-refractivity contribution is -0.154. The molecule has 6 nitrogen and oxygen atoms in total. The van der Waals surface area contributed by atoms with Gasteiger partial charge in [-0.15, -0.1) is 0 Å². The van der Waals surface area contributed by atoms with Crippen LogP contribution in [0.4, 0.5) is 23.7 Å². The van der Waals surface area contributed by atoms with Crippen molar-refractivity contribution in [3.63, 3.8) is 0 Å². The molecule has 0 fully saturated rings. The van der Waals surface area contributed by atoms with E-state index in [9.17, 15) is 23.1 Å². The number of alkyl halides is 3. The summed E-state index contributed by atoms with van der Waals surface area (Å²) >= 11 is 5.82. The Hall–Kier alpha value is -2.52.